The molecule has 2 aliphatic heterocycles. The van der Waals surface area contributed by atoms with Gasteiger partial charge in [0.2, 0.25) is 5.91 Å². The van der Waals surface area contributed by atoms with E-state index in [-0.39, 0.29) is 12.5 Å². The summed E-state index contributed by atoms with van der Waals surface area (Å²) in [5, 5.41) is 33.7. The number of aliphatic hydroxyl groups is 3. The molecular formula is C25H41ClN2O9S. The molecule has 1 aromatic heterocycles. The smallest absolute Gasteiger partial charge is 0.396 e. The lowest BCUT2D eigenvalue weighted by Crippen LogP contribution is -2.65. The fourth-order valence-electron chi connectivity index (χ4n) is 5.30. The Bertz CT molecular complexity index is 942. The molecule has 2 saturated heterocycles. The highest BCUT2D eigenvalue weighted by molar-refractivity contribution is 7.99. The van der Waals surface area contributed by atoms with Crippen molar-refractivity contribution in [1.82, 2.24) is 10.2 Å². The van der Waals surface area contributed by atoms with Crippen molar-refractivity contribution >= 4 is 29.3 Å². The molecule has 0 radical (unpaired) electrons. The Morgan fingerprint density at radius 1 is 1.21 bits per heavy atom. The second kappa shape index (κ2) is 14.5. The van der Waals surface area contributed by atoms with Crippen molar-refractivity contribution < 1.29 is 38.4 Å². The summed E-state index contributed by atoms with van der Waals surface area (Å²) in [6.45, 7) is 4.83. The normalized spacial score (nSPS) is 32.5. The summed E-state index contributed by atoms with van der Waals surface area (Å²) < 4.78 is 21.3. The second-order valence-corrected chi connectivity index (χ2v) is 11.8. The number of nitrogens with one attached hydrogen (secondary N) is 1. The van der Waals surface area contributed by atoms with Gasteiger partial charge in [-0.05, 0) is 64.7 Å². The van der Waals surface area contributed by atoms with Gasteiger partial charge in [0.15, 0.2) is 5.76 Å². The van der Waals surface area contributed by atoms with Gasteiger partial charge in [-0.1, -0.05) is 0 Å². The summed E-state index contributed by atoms with van der Waals surface area (Å²) in [5.74, 6) is 0.0682. The quantitative estimate of drug-likeness (QED) is 0.220. The molecule has 2 fully saturated rings. The maximum atomic E-state index is 13.8. The minimum Gasteiger partial charge on any atom is -0.396 e. The topological polar surface area (TPSA) is 155 Å². The van der Waals surface area contributed by atoms with Crippen LogP contribution in [0.25, 0.3) is 0 Å². The van der Waals surface area contributed by atoms with Gasteiger partial charge in [0.25, 0.3) is 0 Å². The van der Waals surface area contributed by atoms with Gasteiger partial charge in [0.05, 0.1) is 24.0 Å². The van der Waals surface area contributed by atoms with Gasteiger partial charge < -0.3 is 38.9 Å². The zero-order valence-corrected chi connectivity index (χ0v) is 23.9. The van der Waals surface area contributed by atoms with Crippen LogP contribution in [0.2, 0.25) is 0 Å². The van der Waals surface area contributed by atoms with Crippen LogP contribution in [-0.4, -0.2) is 100.0 Å². The van der Waals surface area contributed by atoms with E-state index >= 15 is 0 Å². The molecule has 0 aliphatic carbocycles. The number of thioether (sulfide) groups is 1. The second-order valence-electron chi connectivity index (χ2n) is 10.2. The molecule has 3 rings (SSSR count). The molecule has 2 aliphatic rings. The summed E-state index contributed by atoms with van der Waals surface area (Å²) in [4.78, 5) is 27.4. The first kappa shape index (κ1) is 31.4. The van der Waals surface area contributed by atoms with E-state index in [0.29, 0.717) is 37.0 Å². The van der Waals surface area contributed by atoms with E-state index in [0.717, 1.165) is 25.7 Å². The molecule has 0 spiro atoms. The predicted molar refractivity (Wildman–Crippen MR) is 142 cm³/mol. The third-order valence-electron chi connectivity index (χ3n) is 7.56. The van der Waals surface area contributed by atoms with Crippen molar-refractivity contribution in [3.63, 3.8) is 0 Å². The van der Waals surface area contributed by atoms with Gasteiger partial charge in [0, 0.05) is 13.7 Å². The Balaban J connectivity index is 1.80. The average molecular weight is 581 g/mol. The van der Waals surface area contributed by atoms with Crippen molar-refractivity contribution in [3.8, 4) is 0 Å². The molecule has 4 N–H and O–H groups in total. The first-order valence-corrected chi connectivity index (χ1v) is 14.8. The van der Waals surface area contributed by atoms with Gasteiger partial charge in [-0.25, -0.2) is 4.79 Å². The lowest BCUT2D eigenvalue weighted by molar-refractivity contribution is -0.205. The Morgan fingerprint density at radius 2 is 1.95 bits per heavy atom. The molecule has 9 atom stereocenters. The zero-order chi connectivity index (χ0) is 28.0. The van der Waals surface area contributed by atoms with Crippen LogP contribution < -0.4 is 11.1 Å². The van der Waals surface area contributed by atoms with Crippen molar-refractivity contribution in [3.05, 3.63) is 22.1 Å². The predicted octanol–water partition coefficient (Wildman–Crippen LogP) is 1.22. The van der Waals surface area contributed by atoms with Crippen molar-refractivity contribution in [2.24, 2.45) is 5.92 Å². The number of rotatable bonds is 11. The Labute approximate surface area is 232 Å². The molecule has 0 saturated carbocycles. The zero-order valence-electron chi connectivity index (χ0n) is 22.4. The number of hydrogen-bond donors (Lipinski definition) is 4. The van der Waals surface area contributed by atoms with Gasteiger partial charge in [-0.2, -0.15) is 0 Å². The summed E-state index contributed by atoms with van der Waals surface area (Å²) in [6.07, 6.45) is 0.692. The third-order valence-corrected chi connectivity index (χ3v) is 8.68. The standard InChI is InChI=1S/C25H41ClN2O9S/c1-13(26)18(22-20(30)19(29)21(31)24(37-22)38-4)27-23(32)16-8-7-15(6-5-11-34-3)9-10-28(16)12-17-14(2)35-25(33)36-17/h13,15-16,18-22,24,29-31H,5-12H2,1-4H3,(H,27,32)/t13-,15-,16-,18?,19-,20+,21+,22+,24+/m0/s1. The van der Waals surface area contributed by atoms with E-state index in [4.69, 9.17) is 29.9 Å². The molecule has 38 heavy (non-hydrogen) atoms. The van der Waals surface area contributed by atoms with E-state index in [9.17, 15) is 24.9 Å². The number of carbonyl (C=O) groups is 1. The molecule has 11 nitrogen and oxygen atoms in total. The number of halogens is 1. The van der Waals surface area contributed by atoms with Crippen molar-refractivity contribution in [2.45, 2.75) is 99.8 Å². The molecule has 0 aromatic carbocycles. The maximum Gasteiger partial charge on any atom is 0.519 e. The lowest BCUT2D eigenvalue weighted by Gasteiger charge is -2.44. The SMILES string of the molecule is COCCC[C@H]1CC[C@@H](C(=O)NC([C@H](C)Cl)[C@H]2O[C@H](SC)[C@H](O)[C@@H](O)[C@H]2O)N(Cc2oc(=O)oc2C)CC1. The first-order valence-electron chi connectivity index (χ1n) is 13.1. The number of alkyl halides is 1. The number of aryl methyl sites for hydroxylation is 1. The van der Waals surface area contributed by atoms with E-state index in [2.05, 4.69) is 5.32 Å². The van der Waals surface area contributed by atoms with Gasteiger partial charge in [0.1, 0.15) is 35.6 Å². The third kappa shape index (κ3) is 7.75. The molecule has 13 heteroatoms. The van der Waals surface area contributed by atoms with Gasteiger partial charge >= 0.3 is 5.82 Å². The van der Waals surface area contributed by atoms with Crippen LogP contribution in [0.1, 0.15) is 50.5 Å². The molecule has 1 aromatic rings. The summed E-state index contributed by atoms with van der Waals surface area (Å²) >= 11 is 7.67. The van der Waals surface area contributed by atoms with Crippen LogP contribution in [0.4, 0.5) is 0 Å². The van der Waals surface area contributed by atoms with Gasteiger partial charge in [-0.3, -0.25) is 9.69 Å². The number of methoxy groups -OCH3 is 1. The summed E-state index contributed by atoms with van der Waals surface area (Å²) in [6, 6.07) is -1.40. The molecule has 3 heterocycles. The molecule has 1 amide bonds. The molecular weight excluding hydrogens is 540 g/mol. The highest BCUT2D eigenvalue weighted by atomic mass is 35.5. The monoisotopic (exact) mass is 580 g/mol. The lowest BCUT2D eigenvalue weighted by atomic mass is 9.92. The number of hydrogen-bond acceptors (Lipinski definition) is 11. The fourth-order valence-corrected chi connectivity index (χ4v) is 6.19. The van der Waals surface area contributed by atoms with E-state index in [1.165, 1.54) is 11.8 Å². The molecule has 1 unspecified atom stereocenters. The first-order chi connectivity index (χ1) is 18.1. The summed E-state index contributed by atoms with van der Waals surface area (Å²) in [7, 11) is 1.68. The Morgan fingerprint density at radius 3 is 2.55 bits per heavy atom. The number of nitrogens with zero attached hydrogens (tertiary/aromatic N) is 1. The molecule has 218 valence electrons. The summed E-state index contributed by atoms with van der Waals surface area (Å²) in [5.41, 5.74) is -0.789. The van der Waals surface area contributed by atoms with Crippen LogP contribution in [-0.2, 0) is 20.8 Å². The number of carbonyl (C=O) groups excluding carboxylic acids is 1. The molecule has 0 bridgehead atoms. The van der Waals surface area contributed by atoms with E-state index in [1.54, 1.807) is 27.2 Å². The van der Waals surface area contributed by atoms with Crippen LogP contribution >= 0.6 is 23.4 Å². The largest absolute Gasteiger partial charge is 0.519 e. The maximum absolute atomic E-state index is 13.8. The highest BCUT2D eigenvalue weighted by Gasteiger charge is 2.48. The fraction of sp³-hybridized carbons (Fsp3) is 0.840. The average Bonchev–Trinajstić information content (AvgIpc) is 3.06. The van der Waals surface area contributed by atoms with Crippen LogP contribution in [0.3, 0.4) is 0 Å². The number of amides is 1. The number of ether oxygens (including phenoxy) is 2. The van der Waals surface area contributed by atoms with Crippen molar-refractivity contribution in [2.75, 3.05) is 26.5 Å². The van der Waals surface area contributed by atoms with Crippen LogP contribution in [0.5, 0.6) is 0 Å². The highest BCUT2D eigenvalue weighted by Crippen LogP contribution is 2.31. The van der Waals surface area contributed by atoms with E-state index < -0.39 is 53.1 Å². The van der Waals surface area contributed by atoms with Crippen LogP contribution in [0.15, 0.2) is 13.6 Å². The van der Waals surface area contributed by atoms with Crippen LogP contribution in [0, 0.1) is 12.8 Å². The number of likely N-dealkylation sites (tertiary alicyclic amines) is 1. The van der Waals surface area contributed by atoms with Crippen molar-refractivity contribution in [1.29, 1.82) is 0 Å². The minimum atomic E-state index is -1.45. The van der Waals surface area contributed by atoms with E-state index in [1.807, 2.05) is 4.90 Å². The Hall–Kier alpha value is -1.12. The Kier molecular flexibility index (Phi) is 12.0. The minimum absolute atomic E-state index is 0.226. The van der Waals surface area contributed by atoms with Gasteiger partial charge in [-0.15, -0.1) is 23.4 Å². The number of aliphatic hydroxyl groups excluding tert-OH is 3.